The molecule has 8 nitrogen and oxygen atoms in total. The van der Waals surface area contributed by atoms with Gasteiger partial charge in [0.2, 0.25) is 0 Å². The third-order valence-corrected chi connectivity index (χ3v) is 7.33. The van der Waals surface area contributed by atoms with E-state index in [-0.39, 0.29) is 18.7 Å². The molecule has 5 rings (SSSR count). The number of hydrogen-bond acceptors (Lipinski definition) is 8. The largest absolute Gasteiger partial charge is 0.497 e. The van der Waals surface area contributed by atoms with Crippen LogP contribution in [0, 0.1) is 0 Å². The molecule has 0 amide bonds. The number of benzene rings is 2. The van der Waals surface area contributed by atoms with Crippen molar-refractivity contribution in [3.05, 3.63) is 100 Å². The SMILES string of the molecule is COc1ccc([C@H]2C[C@@H](n3cc(COC(=O)c4ccccc4)nn3)[C@H](O)CN2Cc2cccs2)cc1. The summed E-state index contributed by atoms with van der Waals surface area (Å²) in [7, 11) is 1.66. The van der Waals surface area contributed by atoms with E-state index >= 15 is 0 Å². The Morgan fingerprint density at radius 2 is 1.92 bits per heavy atom. The molecule has 1 aliphatic rings. The summed E-state index contributed by atoms with van der Waals surface area (Å²) in [5, 5.41) is 21.6. The number of carbonyl (C=O) groups excluding carboxylic acids is 1. The Morgan fingerprint density at radius 3 is 2.64 bits per heavy atom. The van der Waals surface area contributed by atoms with Crippen LogP contribution in [-0.2, 0) is 17.9 Å². The lowest BCUT2D eigenvalue weighted by Gasteiger charge is -2.42. The van der Waals surface area contributed by atoms with Gasteiger partial charge >= 0.3 is 5.97 Å². The lowest BCUT2D eigenvalue weighted by Crippen LogP contribution is -2.46. The predicted octanol–water partition coefficient (Wildman–Crippen LogP) is 4.25. The predicted molar refractivity (Wildman–Crippen MR) is 136 cm³/mol. The molecule has 0 bridgehead atoms. The molecule has 0 unspecified atom stereocenters. The molecule has 186 valence electrons. The van der Waals surface area contributed by atoms with Crippen molar-refractivity contribution in [2.75, 3.05) is 13.7 Å². The van der Waals surface area contributed by atoms with Gasteiger partial charge in [-0.05, 0) is 47.7 Å². The maximum Gasteiger partial charge on any atom is 0.338 e. The lowest BCUT2D eigenvalue weighted by atomic mass is 9.90. The molecule has 3 heterocycles. The van der Waals surface area contributed by atoms with Gasteiger partial charge in [-0.1, -0.05) is 41.6 Å². The fourth-order valence-electron chi connectivity index (χ4n) is 4.60. The number of esters is 1. The van der Waals surface area contributed by atoms with Gasteiger partial charge in [0.15, 0.2) is 0 Å². The van der Waals surface area contributed by atoms with Gasteiger partial charge in [-0.3, -0.25) is 4.90 Å². The van der Waals surface area contributed by atoms with E-state index in [1.165, 1.54) is 4.88 Å². The Hall–Kier alpha value is -3.53. The summed E-state index contributed by atoms with van der Waals surface area (Å²) in [5.74, 6) is 0.397. The fourth-order valence-corrected chi connectivity index (χ4v) is 5.33. The number of piperidine rings is 1. The number of β-amino-alcohol motifs (C(OH)–C–C–N with tert-alkyl or cyclic N) is 1. The molecule has 4 aromatic rings. The molecule has 2 aromatic heterocycles. The van der Waals surface area contributed by atoms with E-state index in [9.17, 15) is 9.90 Å². The Morgan fingerprint density at radius 1 is 1.11 bits per heavy atom. The highest BCUT2D eigenvalue weighted by atomic mass is 32.1. The first kappa shape index (κ1) is 24.2. The highest BCUT2D eigenvalue weighted by Gasteiger charge is 2.37. The van der Waals surface area contributed by atoms with E-state index in [0.29, 0.717) is 24.2 Å². The number of methoxy groups -OCH3 is 1. The van der Waals surface area contributed by atoms with Crippen molar-refractivity contribution in [3.63, 3.8) is 0 Å². The molecule has 1 aliphatic heterocycles. The zero-order valence-corrected chi connectivity index (χ0v) is 20.8. The number of aliphatic hydroxyl groups is 1. The normalized spacial score (nSPS) is 20.2. The van der Waals surface area contributed by atoms with Crippen LogP contribution >= 0.6 is 11.3 Å². The van der Waals surface area contributed by atoms with Gasteiger partial charge in [0.1, 0.15) is 18.1 Å². The molecule has 0 spiro atoms. The van der Waals surface area contributed by atoms with E-state index in [4.69, 9.17) is 9.47 Å². The molecule has 1 saturated heterocycles. The van der Waals surface area contributed by atoms with Crippen molar-refractivity contribution in [1.29, 1.82) is 0 Å². The summed E-state index contributed by atoms with van der Waals surface area (Å²) in [6, 6.07) is 20.9. The summed E-state index contributed by atoms with van der Waals surface area (Å²) in [4.78, 5) is 15.8. The average molecular weight is 505 g/mol. The van der Waals surface area contributed by atoms with Gasteiger partial charge < -0.3 is 14.6 Å². The number of aliphatic hydroxyl groups excluding tert-OH is 1. The fraction of sp³-hybridized carbons (Fsp3) is 0.296. The Bertz CT molecular complexity index is 1260. The van der Waals surface area contributed by atoms with Crippen LogP contribution in [0.4, 0.5) is 0 Å². The molecular formula is C27H28N4O4S. The minimum atomic E-state index is -0.624. The van der Waals surface area contributed by atoms with Gasteiger partial charge in [0.05, 0.1) is 31.0 Å². The summed E-state index contributed by atoms with van der Waals surface area (Å²) in [6.07, 6.45) is 1.79. The van der Waals surface area contributed by atoms with Crippen LogP contribution in [0.5, 0.6) is 5.75 Å². The van der Waals surface area contributed by atoms with Gasteiger partial charge in [-0.2, -0.15) is 0 Å². The van der Waals surface area contributed by atoms with Crippen molar-refractivity contribution in [2.24, 2.45) is 0 Å². The molecule has 0 saturated carbocycles. The number of ether oxygens (including phenoxy) is 2. The number of thiophene rings is 1. The molecule has 9 heteroatoms. The van der Waals surface area contributed by atoms with Crippen LogP contribution in [0.25, 0.3) is 0 Å². The molecule has 1 fully saturated rings. The highest BCUT2D eigenvalue weighted by Crippen LogP contribution is 2.38. The first-order chi connectivity index (χ1) is 17.6. The summed E-state index contributed by atoms with van der Waals surface area (Å²) in [5.41, 5.74) is 2.18. The monoisotopic (exact) mass is 504 g/mol. The smallest absolute Gasteiger partial charge is 0.338 e. The molecule has 0 radical (unpaired) electrons. The molecule has 0 aliphatic carbocycles. The number of rotatable bonds is 8. The first-order valence-electron chi connectivity index (χ1n) is 11.8. The zero-order valence-electron chi connectivity index (χ0n) is 19.9. The summed E-state index contributed by atoms with van der Waals surface area (Å²) >= 11 is 1.72. The van der Waals surface area contributed by atoms with E-state index in [1.807, 2.05) is 24.3 Å². The second-order valence-electron chi connectivity index (χ2n) is 8.80. The van der Waals surface area contributed by atoms with E-state index in [2.05, 4.69) is 38.8 Å². The number of nitrogens with zero attached hydrogens (tertiary/aromatic N) is 4. The molecule has 36 heavy (non-hydrogen) atoms. The molecule has 2 aromatic carbocycles. The minimum Gasteiger partial charge on any atom is -0.497 e. The Labute approximate surface area is 213 Å². The number of carbonyl (C=O) groups is 1. The van der Waals surface area contributed by atoms with Crippen LogP contribution in [0.3, 0.4) is 0 Å². The van der Waals surface area contributed by atoms with E-state index in [1.54, 1.807) is 53.6 Å². The molecule has 1 N–H and O–H groups in total. The van der Waals surface area contributed by atoms with Gasteiger partial charge in [0, 0.05) is 24.0 Å². The molecular weight excluding hydrogens is 476 g/mol. The Kier molecular flexibility index (Phi) is 7.41. The molecule has 3 atom stereocenters. The first-order valence-corrected chi connectivity index (χ1v) is 12.7. The van der Waals surface area contributed by atoms with Gasteiger partial charge in [-0.25, -0.2) is 9.48 Å². The van der Waals surface area contributed by atoms with E-state index in [0.717, 1.165) is 17.9 Å². The van der Waals surface area contributed by atoms with Crippen molar-refractivity contribution in [2.45, 2.75) is 37.8 Å². The number of hydrogen-bond donors (Lipinski definition) is 1. The van der Waals surface area contributed by atoms with Crippen LogP contribution < -0.4 is 4.74 Å². The maximum absolute atomic E-state index is 12.3. The summed E-state index contributed by atoms with van der Waals surface area (Å²) in [6.45, 7) is 1.27. The third-order valence-electron chi connectivity index (χ3n) is 6.47. The van der Waals surface area contributed by atoms with Crippen LogP contribution in [0.1, 0.15) is 45.0 Å². The van der Waals surface area contributed by atoms with Crippen molar-refractivity contribution >= 4 is 17.3 Å². The van der Waals surface area contributed by atoms with Crippen molar-refractivity contribution in [1.82, 2.24) is 19.9 Å². The average Bonchev–Trinajstić information content (AvgIpc) is 3.60. The van der Waals surface area contributed by atoms with Crippen LogP contribution in [0.15, 0.2) is 78.3 Å². The number of aromatic nitrogens is 3. The van der Waals surface area contributed by atoms with Crippen molar-refractivity contribution in [3.8, 4) is 5.75 Å². The zero-order chi connectivity index (χ0) is 24.9. The number of likely N-dealkylation sites (tertiary alicyclic amines) is 1. The quantitative estimate of drug-likeness (QED) is 0.359. The Balaban J connectivity index is 1.31. The minimum absolute atomic E-state index is 0.0168. The van der Waals surface area contributed by atoms with Crippen LogP contribution in [0.2, 0.25) is 0 Å². The topological polar surface area (TPSA) is 89.7 Å². The van der Waals surface area contributed by atoms with Gasteiger partial charge in [-0.15, -0.1) is 16.4 Å². The van der Waals surface area contributed by atoms with Gasteiger partial charge in [0.25, 0.3) is 0 Å². The second-order valence-corrected chi connectivity index (χ2v) is 9.83. The van der Waals surface area contributed by atoms with E-state index < -0.39 is 12.1 Å². The van der Waals surface area contributed by atoms with Crippen LogP contribution in [-0.4, -0.2) is 50.7 Å². The maximum atomic E-state index is 12.3. The third kappa shape index (κ3) is 5.48. The summed E-state index contributed by atoms with van der Waals surface area (Å²) < 4.78 is 12.4. The lowest BCUT2D eigenvalue weighted by molar-refractivity contribution is -0.0131. The standard InChI is InChI=1S/C27H28N4O4S/c1-34-22-11-9-19(10-12-22)24-14-25(26(32)17-30(24)16-23-8-5-13-36-23)31-15-21(28-29-31)18-35-27(33)20-6-3-2-4-7-20/h2-13,15,24-26,32H,14,16-18H2,1H3/t24-,25-,26-/m1/s1. The second kappa shape index (κ2) is 11.0. The van der Waals surface area contributed by atoms with Crippen molar-refractivity contribution < 1.29 is 19.4 Å². The highest BCUT2D eigenvalue weighted by molar-refractivity contribution is 7.09.